The number of aliphatic imine (C=N–C) groups is 1. The molecule has 7 nitrogen and oxygen atoms in total. The quantitative estimate of drug-likeness (QED) is 0.295. The SMILES string of the molecule is CCNC(=NCC(O)c1ccc(OC)cc1)NC1CC(=O)N(c2ccccc2)C1.I. The van der Waals surface area contributed by atoms with E-state index in [4.69, 9.17) is 4.74 Å². The lowest BCUT2D eigenvalue weighted by Gasteiger charge is -2.19. The second kappa shape index (κ2) is 11.8. The van der Waals surface area contributed by atoms with E-state index in [9.17, 15) is 9.90 Å². The number of aliphatic hydroxyl groups is 1. The van der Waals surface area contributed by atoms with E-state index < -0.39 is 6.10 Å². The Balaban J connectivity index is 0.00000320. The maximum atomic E-state index is 12.4. The number of ether oxygens (including phenoxy) is 1. The first kappa shape index (κ1) is 23.9. The number of carbonyl (C=O) groups is 1. The number of hydrogen-bond acceptors (Lipinski definition) is 4. The van der Waals surface area contributed by atoms with Crippen LogP contribution in [0.4, 0.5) is 5.69 Å². The molecule has 1 aliphatic heterocycles. The normalized spacial score (nSPS) is 17.3. The van der Waals surface area contributed by atoms with Crippen LogP contribution < -0.4 is 20.3 Å². The largest absolute Gasteiger partial charge is 0.497 e. The Morgan fingerprint density at radius 3 is 2.57 bits per heavy atom. The Kier molecular flexibility index (Phi) is 9.38. The van der Waals surface area contributed by atoms with Crippen molar-refractivity contribution >= 4 is 41.5 Å². The van der Waals surface area contributed by atoms with Crippen molar-refractivity contribution in [1.29, 1.82) is 0 Å². The van der Waals surface area contributed by atoms with Gasteiger partial charge in [0, 0.05) is 25.2 Å². The number of hydrogen-bond donors (Lipinski definition) is 3. The summed E-state index contributed by atoms with van der Waals surface area (Å²) in [6, 6.07) is 16.9. The number of para-hydroxylation sites is 1. The summed E-state index contributed by atoms with van der Waals surface area (Å²) in [5, 5.41) is 16.9. The maximum Gasteiger partial charge on any atom is 0.229 e. The third-order valence-corrected chi connectivity index (χ3v) is 4.80. The fourth-order valence-electron chi connectivity index (χ4n) is 3.28. The zero-order valence-electron chi connectivity index (χ0n) is 17.2. The summed E-state index contributed by atoms with van der Waals surface area (Å²) in [6.45, 7) is 3.46. The molecule has 0 radical (unpaired) electrons. The highest BCUT2D eigenvalue weighted by Crippen LogP contribution is 2.21. The molecule has 2 atom stereocenters. The highest BCUT2D eigenvalue weighted by Gasteiger charge is 2.31. The molecule has 3 N–H and O–H groups in total. The van der Waals surface area contributed by atoms with Gasteiger partial charge in [-0.25, -0.2) is 0 Å². The number of halogens is 1. The smallest absolute Gasteiger partial charge is 0.229 e. The molecule has 8 heteroatoms. The molecule has 0 bridgehead atoms. The van der Waals surface area contributed by atoms with Crippen LogP contribution in [-0.2, 0) is 4.79 Å². The molecule has 2 aromatic carbocycles. The van der Waals surface area contributed by atoms with Gasteiger partial charge in [-0.15, -0.1) is 24.0 Å². The Hall–Kier alpha value is -2.33. The molecule has 30 heavy (non-hydrogen) atoms. The summed E-state index contributed by atoms with van der Waals surface area (Å²) in [7, 11) is 1.61. The lowest BCUT2D eigenvalue weighted by molar-refractivity contribution is -0.117. The maximum absolute atomic E-state index is 12.4. The standard InChI is InChI=1S/C22H28N4O3.HI/c1-3-23-22(24-14-20(27)16-9-11-19(29-2)12-10-16)25-17-13-21(28)26(15-17)18-7-5-4-6-8-18;/h4-12,17,20,27H,3,13-15H2,1-2H3,(H2,23,24,25);1H. The second-order valence-corrected chi connectivity index (χ2v) is 6.89. The zero-order valence-corrected chi connectivity index (χ0v) is 19.6. The third kappa shape index (κ3) is 6.33. The first-order chi connectivity index (χ1) is 14.1. The molecule has 0 aromatic heterocycles. The van der Waals surface area contributed by atoms with E-state index in [1.807, 2.05) is 61.5 Å². The van der Waals surface area contributed by atoms with Crippen molar-refractivity contribution < 1.29 is 14.6 Å². The first-order valence-electron chi connectivity index (χ1n) is 9.83. The topological polar surface area (TPSA) is 86.2 Å². The molecule has 1 fully saturated rings. The molecule has 0 spiro atoms. The number of benzene rings is 2. The van der Waals surface area contributed by atoms with Crippen LogP contribution in [0.3, 0.4) is 0 Å². The number of anilines is 1. The van der Waals surface area contributed by atoms with Gasteiger partial charge in [0.1, 0.15) is 5.75 Å². The van der Waals surface area contributed by atoms with Crippen LogP contribution in [0.25, 0.3) is 0 Å². The molecule has 1 aliphatic rings. The highest BCUT2D eigenvalue weighted by molar-refractivity contribution is 14.0. The minimum Gasteiger partial charge on any atom is -0.497 e. The lowest BCUT2D eigenvalue weighted by Crippen LogP contribution is -2.44. The monoisotopic (exact) mass is 524 g/mol. The average Bonchev–Trinajstić information content (AvgIpc) is 3.12. The highest BCUT2D eigenvalue weighted by atomic mass is 127. The number of nitrogens with one attached hydrogen (secondary N) is 2. The van der Waals surface area contributed by atoms with Crippen LogP contribution in [0.15, 0.2) is 59.6 Å². The third-order valence-electron chi connectivity index (χ3n) is 4.80. The molecule has 3 rings (SSSR count). The molecule has 1 heterocycles. The van der Waals surface area contributed by atoms with Gasteiger partial charge in [-0.05, 0) is 36.8 Å². The predicted molar refractivity (Wildman–Crippen MR) is 130 cm³/mol. The van der Waals surface area contributed by atoms with Crippen molar-refractivity contribution in [3.8, 4) is 5.75 Å². The molecule has 1 amide bonds. The summed E-state index contributed by atoms with van der Waals surface area (Å²) in [6.07, 6.45) is -0.317. The first-order valence-corrected chi connectivity index (χ1v) is 9.83. The zero-order chi connectivity index (χ0) is 20.6. The number of amides is 1. The number of methoxy groups -OCH3 is 1. The van der Waals surface area contributed by atoms with Gasteiger partial charge in [0.05, 0.1) is 25.8 Å². The van der Waals surface area contributed by atoms with Gasteiger partial charge in [-0.1, -0.05) is 30.3 Å². The summed E-state index contributed by atoms with van der Waals surface area (Å²) < 4.78 is 5.14. The van der Waals surface area contributed by atoms with Crippen LogP contribution in [0, 0.1) is 0 Å². The summed E-state index contributed by atoms with van der Waals surface area (Å²) in [5.74, 6) is 1.42. The number of rotatable bonds is 7. The summed E-state index contributed by atoms with van der Waals surface area (Å²) in [4.78, 5) is 18.7. The molecule has 162 valence electrons. The number of nitrogens with zero attached hydrogens (tertiary/aromatic N) is 2. The molecule has 0 saturated carbocycles. The fourth-order valence-corrected chi connectivity index (χ4v) is 3.28. The van der Waals surface area contributed by atoms with Crippen molar-refractivity contribution in [1.82, 2.24) is 10.6 Å². The van der Waals surface area contributed by atoms with E-state index in [1.54, 1.807) is 12.0 Å². The van der Waals surface area contributed by atoms with Crippen molar-refractivity contribution in [2.24, 2.45) is 4.99 Å². The van der Waals surface area contributed by atoms with Crippen LogP contribution in [-0.4, -0.2) is 49.8 Å². The molecule has 0 aliphatic carbocycles. The molecular formula is C22H29IN4O3. The predicted octanol–water partition coefficient (Wildman–Crippen LogP) is 2.71. The minimum absolute atomic E-state index is 0. The number of carbonyl (C=O) groups excluding carboxylic acids is 1. The Morgan fingerprint density at radius 1 is 1.23 bits per heavy atom. The van der Waals surface area contributed by atoms with Gasteiger partial charge >= 0.3 is 0 Å². The van der Waals surface area contributed by atoms with Gasteiger partial charge in [0.15, 0.2) is 5.96 Å². The van der Waals surface area contributed by atoms with E-state index in [0.29, 0.717) is 25.5 Å². The lowest BCUT2D eigenvalue weighted by atomic mass is 10.1. The summed E-state index contributed by atoms with van der Waals surface area (Å²) >= 11 is 0. The van der Waals surface area contributed by atoms with Crippen molar-refractivity contribution in [3.05, 3.63) is 60.2 Å². The van der Waals surface area contributed by atoms with E-state index in [2.05, 4.69) is 15.6 Å². The fraction of sp³-hybridized carbons (Fsp3) is 0.364. The van der Waals surface area contributed by atoms with Crippen LogP contribution in [0.5, 0.6) is 5.75 Å². The van der Waals surface area contributed by atoms with Gasteiger partial charge in [0.2, 0.25) is 5.91 Å². The molecule has 2 aromatic rings. The molecule has 2 unspecified atom stereocenters. The van der Waals surface area contributed by atoms with E-state index in [-0.39, 0.29) is 42.5 Å². The second-order valence-electron chi connectivity index (χ2n) is 6.89. The van der Waals surface area contributed by atoms with E-state index in [1.165, 1.54) is 0 Å². The van der Waals surface area contributed by atoms with Crippen LogP contribution >= 0.6 is 24.0 Å². The minimum atomic E-state index is -0.720. The van der Waals surface area contributed by atoms with Crippen LogP contribution in [0.2, 0.25) is 0 Å². The Bertz CT molecular complexity index is 830. The van der Waals surface area contributed by atoms with Crippen LogP contribution in [0.1, 0.15) is 25.0 Å². The average molecular weight is 524 g/mol. The van der Waals surface area contributed by atoms with Crippen molar-refractivity contribution in [3.63, 3.8) is 0 Å². The Labute approximate surface area is 194 Å². The Morgan fingerprint density at radius 2 is 1.93 bits per heavy atom. The van der Waals surface area contributed by atoms with E-state index in [0.717, 1.165) is 17.0 Å². The van der Waals surface area contributed by atoms with Gasteiger partial charge in [-0.3, -0.25) is 9.79 Å². The van der Waals surface area contributed by atoms with Crippen molar-refractivity contribution in [2.45, 2.75) is 25.5 Å². The number of guanidine groups is 1. The summed E-state index contributed by atoms with van der Waals surface area (Å²) in [5.41, 5.74) is 1.68. The van der Waals surface area contributed by atoms with Gasteiger partial charge in [0.25, 0.3) is 0 Å². The van der Waals surface area contributed by atoms with Gasteiger partial charge < -0.3 is 25.4 Å². The van der Waals surface area contributed by atoms with E-state index >= 15 is 0 Å². The molecular weight excluding hydrogens is 495 g/mol. The number of aliphatic hydroxyl groups excluding tert-OH is 1. The van der Waals surface area contributed by atoms with Crippen molar-refractivity contribution in [2.75, 3.05) is 31.6 Å². The molecule has 1 saturated heterocycles. The van der Waals surface area contributed by atoms with Gasteiger partial charge in [-0.2, -0.15) is 0 Å².